The normalized spacial score (nSPS) is 27.9. The molecule has 0 amide bonds. The van der Waals surface area contributed by atoms with Gasteiger partial charge in [0.25, 0.3) is 0 Å². The van der Waals surface area contributed by atoms with Crippen LogP contribution in [0, 0.1) is 6.92 Å². The van der Waals surface area contributed by atoms with Gasteiger partial charge in [-0.25, -0.2) is 0 Å². The lowest BCUT2D eigenvalue weighted by Crippen LogP contribution is -2.30. The van der Waals surface area contributed by atoms with Crippen molar-refractivity contribution >= 4 is 0 Å². The van der Waals surface area contributed by atoms with Gasteiger partial charge in [0.15, 0.2) is 0 Å². The second kappa shape index (κ2) is 4.21. The van der Waals surface area contributed by atoms with E-state index in [1.807, 2.05) is 6.20 Å². The van der Waals surface area contributed by atoms with Crippen LogP contribution in [-0.4, -0.2) is 34.2 Å². The molecule has 1 aromatic rings. The minimum Gasteiger partial charge on any atom is -0.300 e. The zero-order valence-corrected chi connectivity index (χ0v) is 10.1. The van der Waals surface area contributed by atoms with Crippen molar-refractivity contribution in [3.8, 4) is 0 Å². The Kier molecular flexibility index (Phi) is 2.72. The zero-order chi connectivity index (χ0) is 11.0. The highest BCUT2D eigenvalue weighted by Gasteiger charge is 2.31. The highest BCUT2D eigenvalue weighted by atomic mass is 15.2. The smallest absolute Gasteiger partial charge is 0.0519 e. The van der Waals surface area contributed by atoms with Crippen LogP contribution in [0.5, 0.6) is 0 Å². The van der Waals surface area contributed by atoms with Crippen LogP contribution in [0.1, 0.15) is 49.3 Å². The van der Waals surface area contributed by atoms with Crippen molar-refractivity contribution in [3.63, 3.8) is 0 Å². The first kappa shape index (κ1) is 10.3. The quantitative estimate of drug-likeness (QED) is 0.828. The van der Waals surface area contributed by atoms with E-state index in [1.54, 1.807) is 0 Å². The van der Waals surface area contributed by atoms with Gasteiger partial charge < -0.3 is 0 Å². The molecular formula is C13H21N3. The fourth-order valence-corrected chi connectivity index (χ4v) is 3.39. The summed E-state index contributed by atoms with van der Waals surface area (Å²) in [6, 6.07) is 0.883. The molecule has 2 aliphatic rings. The number of hydrogen-bond acceptors (Lipinski definition) is 2. The summed E-state index contributed by atoms with van der Waals surface area (Å²) in [5.74, 6) is 0.697. The van der Waals surface area contributed by atoms with E-state index in [1.165, 1.54) is 56.5 Å². The van der Waals surface area contributed by atoms with Crippen LogP contribution < -0.4 is 0 Å². The molecule has 1 atom stereocenters. The minimum atomic E-state index is 0.697. The van der Waals surface area contributed by atoms with Gasteiger partial charge >= 0.3 is 0 Å². The van der Waals surface area contributed by atoms with Crippen molar-refractivity contribution in [2.45, 2.75) is 51.0 Å². The average molecular weight is 219 g/mol. The Bertz CT molecular complexity index is 352. The molecule has 1 aliphatic heterocycles. The molecule has 1 N–H and O–H groups in total. The van der Waals surface area contributed by atoms with Crippen molar-refractivity contribution in [2.24, 2.45) is 0 Å². The molecule has 0 bridgehead atoms. The van der Waals surface area contributed by atoms with E-state index in [4.69, 9.17) is 0 Å². The molecule has 16 heavy (non-hydrogen) atoms. The lowest BCUT2D eigenvalue weighted by Gasteiger charge is -2.23. The molecule has 3 nitrogen and oxygen atoms in total. The number of rotatable bonds is 2. The first-order valence-electron chi connectivity index (χ1n) is 6.58. The molecule has 3 heteroatoms. The van der Waals surface area contributed by atoms with Crippen LogP contribution in [0.2, 0.25) is 0 Å². The summed E-state index contributed by atoms with van der Waals surface area (Å²) in [6.07, 6.45) is 8.99. The van der Waals surface area contributed by atoms with Crippen LogP contribution in [0.25, 0.3) is 0 Å². The largest absolute Gasteiger partial charge is 0.300 e. The molecule has 1 unspecified atom stereocenters. The third-order valence-corrected chi connectivity index (χ3v) is 4.34. The van der Waals surface area contributed by atoms with Gasteiger partial charge in [0, 0.05) is 24.2 Å². The van der Waals surface area contributed by atoms with Crippen LogP contribution >= 0.6 is 0 Å². The third-order valence-electron chi connectivity index (χ3n) is 4.34. The minimum absolute atomic E-state index is 0.697. The van der Waals surface area contributed by atoms with Crippen molar-refractivity contribution in [1.82, 2.24) is 15.1 Å². The van der Waals surface area contributed by atoms with Gasteiger partial charge in [0.2, 0.25) is 0 Å². The van der Waals surface area contributed by atoms with E-state index >= 15 is 0 Å². The average Bonchev–Trinajstić information content (AvgIpc) is 2.96. The second-order valence-electron chi connectivity index (χ2n) is 5.39. The Morgan fingerprint density at radius 3 is 2.81 bits per heavy atom. The molecule has 2 fully saturated rings. The summed E-state index contributed by atoms with van der Waals surface area (Å²) in [5.41, 5.74) is 2.71. The maximum absolute atomic E-state index is 4.15. The molecule has 1 saturated heterocycles. The summed E-state index contributed by atoms with van der Waals surface area (Å²) < 4.78 is 0. The number of aromatic amines is 1. The van der Waals surface area contributed by atoms with E-state index in [0.29, 0.717) is 5.92 Å². The van der Waals surface area contributed by atoms with Gasteiger partial charge in [0.1, 0.15) is 0 Å². The topological polar surface area (TPSA) is 31.9 Å². The van der Waals surface area contributed by atoms with E-state index in [0.717, 1.165) is 6.04 Å². The number of likely N-dealkylation sites (tertiary alicyclic amines) is 1. The summed E-state index contributed by atoms with van der Waals surface area (Å²) in [6.45, 7) is 4.69. The molecule has 88 valence electrons. The molecule has 1 aromatic heterocycles. The van der Waals surface area contributed by atoms with Crippen molar-refractivity contribution in [1.29, 1.82) is 0 Å². The standard InChI is InChI=1S/C13H21N3/c1-10-8-14-15-13(10)11-6-7-16(9-11)12-4-2-3-5-12/h8,11-12H,2-7,9H2,1H3,(H,14,15). The molecule has 0 aromatic carbocycles. The van der Waals surface area contributed by atoms with E-state index < -0.39 is 0 Å². The molecule has 1 saturated carbocycles. The number of hydrogen-bond donors (Lipinski definition) is 1. The fourth-order valence-electron chi connectivity index (χ4n) is 3.39. The first-order valence-corrected chi connectivity index (χ1v) is 6.58. The predicted octanol–water partition coefficient (Wildman–Crippen LogP) is 2.45. The number of nitrogens with one attached hydrogen (secondary N) is 1. The lowest BCUT2D eigenvalue weighted by atomic mass is 10.0. The Hall–Kier alpha value is -0.830. The third kappa shape index (κ3) is 1.77. The molecule has 3 rings (SSSR count). The maximum Gasteiger partial charge on any atom is 0.0519 e. The monoisotopic (exact) mass is 219 g/mol. The molecule has 0 spiro atoms. The van der Waals surface area contributed by atoms with Crippen molar-refractivity contribution < 1.29 is 0 Å². The molecular weight excluding hydrogens is 198 g/mol. The van der Waals surface area contributed by atoms with E-state index in [9.17, 15) is 0 Å². The molecule has 0 radical (unpaired) electrons. The highest BCUT2D eigenvalue weighted by molar-refractivity contribution is 5.20. The van der Waals surface area contributed by atoms with Gasteiger partial charge in [-0.15, -0.1) is 0 Å². The van der Waals surface area contributed by atoms with Crippen LogP contribution in [0.4, 0.5) is 0 Å². The van der Waals surface area contributed by atoms with Gasteiger partial charge in [-0.05, 0) is 38.3 Å². The van der Waals surface area contributed by atoms with E-state index in [-0.39, 0.29) is 0 Å². The Labute approximate surface area is 97.2 Å². The van der Waals surface area contributed by atoms with Gasteiger partial charge in [-0.2, -0.15) is 5.10 Å². The number of H-pyrrole nitrogens is 1. The molecule has 2 heterocycles. The van der Waals surface area contributed by atoms with Crippen LogP contribution in [0.3, 0.4) is 0 Å². The highest BCUT2D eigenvalue weighted by Crippen LogP contribution is 2.33. The SMILES string of the molecule is Cc1cn[nH]c1C1CCN(C2CCCC2)C1. The van der Waals surface area contributed by atoms with E-state index in [2.05, 4.69) is 22.0 Å². The Morgan fingerprint density at radius 2 is 2.12 bits per heavy atom. The molecule has 1 aliphatic carbocycles. The van der Waals surface area contributed by atoms with Gasteiger partial charge in [0.05, 0.1) is 6.20 Å². The van der Waals surface area contributed by atoms with Crippen LogP contribution in [-0.2, 0) is 0 Å². The number of aromatic nitrogens is 2. The fraction of sp³-hybridized carbons (Fsp3) is 0.769. The maximum atomic E-state index is 4.15. The number of aryl methyl sites for hydroxylation is 1. The summed E-state index contributed by atoms with van der Waals surface area (Å²) in [7, 11) is 0. The van der Waals surface area contributed by atoms with Crippen LogP contribution in [0.15, 0.2) is 6.20 Å². The Balaban J connectivity index is 1.66. The summed E-state index contributed by atoms with van der Waals surface area (Å²) in [4.78, 5) is 2.71. The summed E-state index contributed by atoms with van der Waals surface area (Å²) >= 11 is 0. The second-order valence-corrected chi connectivity index (χ2v) is 5.39. The van der Waals surface area contributed by atoms with Gasteiger partial charge in [-0.1, -0.05) is 12.8 Å². The Morgan fingerprint density at radius 1 is 1.31 bits per heavy atom. The predicted molar refractivity (Wildman–Crippen MR) is 64.5 cm³/mol. The number of nitrogens with zero attached hydrogens (tertiary/aromatic N) is 2. The first-order chi connectivity index (χ1) is 7.84. The van der Waals surface area contributed by atoms with Gasteiger partial charge in [-0.3, -0.25) is 10.00 Å². The van der Waals surface area contributed by atoms with Crippen molar-refractivity contribution in [3.05, 3.63) is 17.5 Å². The zero-order valence-electron chi connectivity index (χ0n) is 10.1. The lowest BCUT2D eigenvalue weighted by molar-refractivity contribution is 0.243. The summed E-state index contributed by atoms with van der Waals surface area (Å²) in [5, 5.41) is 7.33. The van der Waals surface area contributed by atoms with Crippen molar-refractivity contribution in [2.75, 3.05) is 13.1 Å².